The Balaban J connectivity index is 2.04. The Bertz CT molecular complexity index is 397. The van der Waals surface area contributed by atoms with Gasteiger partial charge in [-0.25, -0.2) is 4.98 Å². The third-order valence-corrected chi connectivity index (χ3v) is 3.47. The third kappa shape index (κ3) is 3.30. The molecule has 0 unspecified atom stereocenters. The highest BCUT2D eigenvalue weighted by molar-refractivity contribution is 5.75. The molecule has 2 heterocycles. The number of nitrogens with zero attached hydrogens (tertiary/aromatic N) is 3. The minimum atomic E-state index is -0.268. The van der Waals surface area contributed by atoms with Crippen LogP contribution in [0.4, 0.5) is 0 Å². The summed E-state index contributed by atoms with van der Waals surface area (Å²) in [5, 5.41) is 3.33. The largest absolute Gasteiger partial charge is 0.369 e. The maximum absolute atomic E-state index is 11.2. The van der Waals surface area contributed by atoms with Crippen molar-refractivity contribution in [2.45, 2.75) is 25.4 Å². The minimum Gasteiger partial charge on any atom is -0.369 e. The first-order valence-electron chi connectivity index (χ1n) is 6.35. The molecule has 0 bridgehead atoms. The van der Waals surface area contributed by atoms with Crippen LogP contribution in [-0.2, 0) is 18.4 Å². The van der Waals surface area contributed by atoms with Gasteiger partial charge in [0.15, 0.2) is 0 Å². The summed E-state index contributed by atoms with van der Waals surface area (Å²) >= 11 is 0. The Labute approximate surface area is 107 Å². The summed E-state index contributed by atoms with van der Waals surface area (Å²) in [6.45, 7) is 3.05. The van der Waals surface area contributed by atoms with Crippen LogP contribution in [0.2, 0.25) is 0 Å². The smallest absolute Gasteiger partial charge is 0.231 e. The maximum atomic E-state index is 11.2. The Morgan fingerprint density at radius 3 is 2.89 bits per heavy atom. The minimum absolute atomic E-state index is 0.268. The molecule has 100 valence electrons. The quantitative estimate of drug-likeness (QED) is 0.737. The third-order valence-electron chi connectivity index (χ3n) is 3.47. The van der Waals surface area contributed by atoms with E-state index in [1.54, 1.807) is 6.33 Å². The van der Waals surface area contributed by atoms with E-state index >= 15 is 0 Å². The van der Waals surface area contributed by atoms with Gasteiger partial charge in [0.25, 0.3) is 0 Å². The van der Waals surface area contributed by atoms with Crippen LogP contribution in [0.15, 0.2) is 12.5 Å². The van der Waals surface area contributed by atoms with Crippen LogP contribution in [0.25, 0.3) is 0 Å². The number of hydrogen-bond acceptors (Lipinski definition) is 4. The van der Waals surface area contributed by atoms with Crippen LogP contribution >= 0.6 is 0 Å². The summed E-state index contributed by atoms with van der Waals surface area (Å²) in [7, 11) is 1.97. The molecule has 1 aromatic heterocycles. The number of piperidine rings is 1. The predicted octanol–water partition coefficient (Wildman–Crippen LogP) is -0.541. The first kappa shape index (κ1) is 13.0. The highest BCUT2D eigenvalue weighted by Gasteiger charge is 2.23. The molecule has 1 fully saturated rings. The fraction of sp³-hybridized carbons (Fsp3) is 0.667. The van der Waals surface area contributed by atoms with Gasteiger partial charge < -0.3 is 15.6 Å². The number of imidazole rings is 1. The lowest BCUT2D eigenvalue weighted by molar-refractivity contribution is -0.120. The number of hydrogen-bond donors (Lipinski definition) is 2. The molecule has 1 aliphatic rings. The lowest BCUT2D eigenvalue weighted by atomic mass is 10.0. The van der Waals surface area contributed by atoms with Crippen LogP contribution in [0.5, 0.6) is 0 Å². The molecule has 1 aliphatic heterocycles. The monoisotopic (exact) mass is 251 g/mol. The molecule has 0 spiro atoms. The second-order valence-electron chi connectivity index (χ2n) is 4.85. The predicted molar refractivity (Wildman–Crippen MR) is 68.7 cm³/mol. The molecular formula is C12H21N5O. The lowest BCUT2D eigenvalue weighted by Crippen LogP contribution is -2.46. The summed E-state index contributed by atoms with van der Waals surface area (Å²) < 4.78 is 1.98. The van der Waals surface area contributed by atoms with E-state index in [1.807, 2.05) is 17.8 Å². The van der Waals surface area contributed by atoms with Gasteiger partial charge in [-0.15, -0.1) is 0 Å². The Morgan fingerprint density at radius 1 is 1.61 bits per heavy atom. The van der Waals surface area contributed by atoms with Gasteiger partial charge in [-0.1, -0.05) is 0 Å². The first-order valence-corrected chi connectivity index (χ1v) is 6.35. The van der Waals surface area contributed by atoms with E-state index < -0.39 is 0 Å². The van der Waals surface area contributed by atoms with Gasteiger partial charge in [-0.2, -0.15) is 0 Å². The molecule has 3 N–H and O–H groups in total. The molecule has 1 saturated heterocycles. The number of primary amides is 1. The van der Waals surface area contributed by atoms with E-state index in [9.17, 15) is 4.79 Å². The number of carbonyl (C=O) groups is 1. The highest BCUT2D eigenvalue weighted by atomic mass is 16.1. The van der Waals surface area contributed by atoms with Gasteiger partial charge in [0, 0.05) is 25.8 Å². The molecule has 0 aliphatic carbocycles. The lowest BCUT2D eigenvalue weighted by Gasteiger charge is -2.33. The summed E-state index contributed by atoms with van der Waals surface area (Å²) in [6, 6.07) is 0.425. The van der Waals surface area contributed by atoms with Crippen molar-refractivity contribution in [1.29, 1.82) is 0 Å². The van der Waals surface area contributed by atoms with Gasteiger partial charge in [-0.05, 0) is 25.9 Å². The fourth-order valence-corrected chi connectivity index (χ4v) is 2.43. The SMILES string of the molecule is Cn1cncc1CN(CC(N)=O)C1CCNCC1. The van der Waals surface area contributed by atoms with Crippen LogP contribution in [0, 0.1) is 0 Å². The fourth-order valence-electron chi connectivity index (χ4n) is 2.43. The van der Waals surface area contributed by atoms with Crippen molar-refractivity contribution in [1.82, 2.24) is 19.8 Å². The molecule has 0 saturated carbocycles. The second-order valence-corrected chi connectivity index (χ2v) is 4.85. The molecule has 0 atom stereocenters. The number of nitrogens with two attached hydrogens (primary N) is 1. The van der Waals surface area contributed by atoms with Crippen molar-refractivity contribution >= 4 is 5.91 Å². The number of aryl methyl sites for hydroxylation is 1. The average molecular weight is 251 g/mol. The maximum Gasteiger partial charge on any atom is 0.231 e. The van der Waals surface area contributed by atoms with Crippen molar-refractivity contribution in [2.24, 2.45) is 12.8 Å². The number of amides is 1. The zero-order chi connectivity index (χ0) is 13.0. The molecule has 0 radical (unpaired) electrons. The summed E-state index contributed by atoms with van der Waals surface area (Å²) in [5.41, 5.74) is 6.45. The van der Waals surface area contributed by atoms with Crippen LogP contribution < -0.4 is 11.1 Å². The van der Waals surface area contributed by atoms with Crippen molar-refractivity contribution in [3.63, 3.8) is 0 Å². The van der Waals surface area contributed by atoms with Crippen LogP contribution in [-0.4, -0.2) is 46.0 Å². The molecule has 6 heteroatoms. The normalized spacial score (nSPS) is 17.2. The molecule has 6 nitrogen and oxygen atoms in total. The van der Waals surface area contributed by atoms with Gasteiger partial charge >= 0.3 is 0 Å². The first-order chi connectivity index (χ1) is 8.66. The molecule has 1 amide bonds. The number of aromatic nitrogens is 2. The Kier molecular flexibility index (Phi) is 4.33. The van der Waals surface area contributed by atoms with E-state index in [2.05, 4.69) is 15.2 Å². The summed E-state index contributed by atoms with van der Waals surface area (Å²) in [6.07, 6.45) is 5.74. The van der Waals surface area contributed by atoms with Crippen molar-refractivity contribution in [3.05, 3.63) is 18.2 Å². The second kappa shape index (κ2) is 5.97. The van der Waals surface area contributed by atoms with Gasteiger partial charge in [0.1, 0.15) is 0 Å². The molecule has 18 heavy (non-hydrogen) atoms. The number of carbonyl (C=O) groups excluding carboxylic acids is 1. The standard InChI is InChI=1S/C12H21N5O/c1-16-9-15-6-11(16)7-17(8-12(13)18)10-2-4-14-5-3-10/h6,9-10,14H,2-5,7-8H2,1H3,(H2,13,18). The van der Waals surface area contributed by atoms with Crippen LogP contribution in [0.3, 0.4) is 0 Å². The van der Waals surface area contributed by atoms with Crippen molar-refractivity contribution < 1.29 is 4.79 Å². The summed E-state index contributed by atoms with van der Waals surface area (Å²) in [4.78, 5) is 17.5. The Hall–Kier alpha value is -1.40. The van der Waals surface area contributed by atoms with Gasteiger partial charge in [0.05, 0.1) is 18.6 Å². The summed E-state index contributed by atoms with van der Waals surface area (Å²) in [5.74, 6) is -0.268. The molecule has 0 aromatic carbocycles. The zero-order valence-corrected chi connectivity index (χ0v) is 10.8. The van der Waals surface area contributed by atoms with E-state index in [4.69, 9.17) is 5.73 Å². The molecular weight excluding hydrogens is 230 g/mol. The highest BCUT2D eigenvalue weighted by Crippen LogP contribution is 2.14. The molecule has 1 aromatic rings. The molecule has 2 rings (SSSR count). The number of nitrogens with one attached hydrogen (secondary N) is 1. The van der Waals surface area contributed by atoms with E-state index in [0.717, 1.165) is 38.2 Å². The zero-order valence-electron chi connectivity index (χ0n) is 10.8. The average Bonchev–Trinajstić information content (AvgIpc) is 2.75. The van der Waals surface area contributed by atoms with E-state index in [1.165, 1.54) is 0 Å². The van der Waals surface area contributed by atoms with Gasteiger partial charge in [-0.3, -0.25) is 9.69 Å². The van der Waals surface area contributed by atoms with E-state index in [-0.39, 0.29) is 5.91 Å². The van der Waals surface area contributed by atoms with Crippen LogP contribution in [0.1, 0.15) is 18.5 Å². The number of rotatable bonds is 5. The van der Waals surface area contributed by atoms with Crippen molar-refractivity contribution in [3.8, 4) is 0 Å². The van der Waals surface area contributed by atoms with E-state index in [0.29, 0.717) is 12.6 Å². The Morgan fingerprint density at radius 2 is 2.33 bits per heavy atom. The van der Waals surface area contributed by atoms with Crippen molar-refractivity contribution in [2.75, 3.05) is 19.6 Å². The van der Waals surface area contributed by atoms with Gasteiger partial charge in [0.2, 0.25) is 5.91 Å². The topological polar surface area (TPSA) is 76.2 Å².